The van der Waals surface area contributed by atoms with E-state index in [4.69, 9.17) is 11.1 Å². The molecule has 0 spiro atoms. The Hall–Kier alpha value is -2.68. The average molecular weight is 212 g/mol. The first-order chi connectivity index (χ1) is 7.69. The molecule has 0 aliphatic carbocycles. The van der Waals surface area contributed by atoms with Gasteiger partial charge in [0.2, 0.25) is 0 Å². The second-order valence-electron chi connectivity index (χ2n) is 2.85. The molecular weight excluding hydrogens is 204 g/mol. The summed E-state index contributed by atoms with van der Waals surface area (Å²) in [6.07, 6.45) is 0. The zero-order valence-electron chi connectivity index (χ0n) is 8.41. The van der Waals surface area contributed by atoms with Crippen LogP contribution in [0.25, 0.3) is 32.3 Å². The van der Waals surface area contributed by atoms with E-state index < -0.39 is 0 Å². The zero-order valence-corrected chi connectivity index (χ0v) is 8.41. The van der Waals surface area contributed by atoms with Gasteiger partial charge in [0.25, 0.3) is 0 Å². The van der Waals surface area contributed by atoms with Crippen LogP contribution in [-0.2, 0) is 0 Å². The minimum absolute atomic E-state index is 0.337. The summed E-state index contributed by atoms with van der Waals surface area (Å²) in [7, 11) is 0. The Morgan fingerprint density at radius 1 is 0.875 bits per heavy atom. The molecule has 0 saturated heterocycles. The van der Waals surface area contributed by atoms with Gasteiger partial charge in [-0.25, -0.2) is 0 Å². The molecule has 0 saturated carbocycles. The second-order valence-corrected chi connectivity index (χ2v) is 2.85. The van der Waals surface area contributed by atoms with E-state index in [9.17, 15) is 0 Å². The molecule has 0 atom stereocenters. The average Bonchev–Trinajstić information content (AvgIpc) is 2.30. The van der Waals surface area contributed by atoms with Gasteiger partial charge in [0.05, 0.1) is 0 Å². The molecular formula is C10H8N6. The third kappa shape index (κ3) is 2.65. The van der Waals surface area contributed by atoms with E-state index in [1.54, 1.807) is 24.3 Å². The summed E-state index contributed by atoms with van der Waals surface area (Å²) in [6, 6.07) is 6.85. The number of hydrogen-bond donors (Lipinski definition) is 0. The fraction of sp³-hybridized carbons (Fsp3) is 0. The Kier molecular flexibility index (Phi) is 3.75. The molecule has 0 N–H and O–H groups in total. The van der Waals surface area contributed by atoms with E-state index in [-0.39, 0.29) is 0 Å². The van der Waals surface area contributed by atoms with Crippen molar-refractivity contribution in [2.24, 2.45) is 10.2 Å². The summed E-state index contributed by atoms with van der Waals surface area (Å²) in [4.78, 5) is 5.28. The highest BCUT2D eigenvalue weighted by Gasteiger charge is 1.98. The molecule has 78 valence electrons. The Morgan fingerprint density at radius 3 is 1.44 bits per heavy atom. The van der Waals surface area contributed by atoms with Crippen molar-refractivity contribution in [3.63, 3.8) is 0 Å². The number of nitrogens with zero attached hydrogens (tertiary/aromatic N) is 6. The van der Waals surface area contributed by atoms with Crippen LogP contribution >= 0.6 is 0 Å². The Balaban J connectivity index is 2.99. The second kappa shape index (κ2) is 5.26. The lowest BCUT2D eigenvalue weighted by Gasteiger charge is -2.01. The van der Waals surface area contributed by atoms with Crippen molar-refractivity contribution in [3.8, 4) is 0 Å². The van der Waals surface area contributed by atoms with Gasteiger partial charge < -0.3 is 0 Å². The summed E-state index contributed by atoms with van der Waals surface area (Å²) in [5.41, 5.74) is 18.6. The fourth-order valence-electron chi connectivity index (χ4n) is 1.08. The first-order valence-electron chi connectivity index (χ1n) is 4.28. The molecule has 16 heavy (non-hydrogen) atoms. The smallest absolute Gasteiger partial charge is 0.0375 e. The number of rotatable bonds is 4. The maximum absolute atomic E-state index is 8.24. The Labute approximate surface area is 91.8 Å². The lowest BCUT2D eigenvalue weighted by molar-refractivity contribution is 1.44. The van der Waals surface area contributed by atoms with Crippen LogP contribution in [0.1, 0.15) is 11.1 Å². The van der Waals surface area contributed by atoms with Crippen LogP contribution < -0.4 is 0 Å². The van der Waals surface area contributed by atoms with Crippen LogP contribution in [0.4, 0.5) is 0 Å². The van der Waals surface area contributed by atoms with E-state index in [2.05, 4.69) is 33.2 Å². The highest BCUT2D eigenvalue weighted by molar-refractivity contribution is 5.67. The third-order valence-corrected chi connectivity index (χ3v) is 1.88. The molecule has 1 aromatic carbocycles. The van der Waals surface area contributed by atoms with Gasteiger partial charge in [-0.3, -0.25) is 0 Å². The topological polar surface area (TPSA) is 97.5 Å². The van der Waals surface area contributed by atoms with Crippen LogP contribution in [0.15, 0.2) is 47.7 Å². The Morgan fingerprint density at radius 2 is 1.19 bits per heavy atom. The summed E-state index contributed by atoms with van der Waals surface area (Å²) >= 11 is 0. The monoisotopic (exact) mass is 212 g/mol. The largest absolute Gasteiger partial charge is 0.0889 e. The molecule has 0 bridgehead atoms. The highest BCUT2D eigenvalue weighted by Crippen LogP contribution is 2.19. The summed E-state index contributed by atoms with van der Waals surface area (Å²) in [5, 5.41) is 6.77. The van der Waals surface area contributed by atoms with Crippen LogP contribution in [0.3, 0.4) is 0 Å². The molecule has 6 nitrogen and oxygen atoms in total. The number of azide groups is 2. The van der Waals surface area contributed by atoms with Gasteiger partial charge in [-0.05, 0) is 22.2 Å². The van der Waals surface area contributed by atoms with Gasteiger partial charge in [-0.2, -0.15) is 0 Å². The van der Waals surface area contributed by atoms with Crippen LogP contribution in [0, 0.1) is 0 Å². The van der Waals surface area contributed by atoms with Gasteiger partial charge in [0.15, 0.2) is 0 Å². The normalized spacial score (nSPS) is 8.50. The standard InChI is InChI=1S/C10H8N6/c1-7(13-15-11)9-3-5-10(6-4-9)8(2)14-16-12/h3-6H,1-2H2. The first-order valence-corrected chi connectivity index (χ1v) is 4.28. The maximum atomic E-state index is 8.24. The molecule has 0 aromatic heterocycles. The SMILES string of the molecule is C=C(N=[N+]=[N-])c1ccc(C(=C)N=[N+]=[N-])cc1. The van der Waals surface area contributed by atoms with E-state index in [0.29, 0.717) is 22.5 Å². The molecule has 6 heteroatoms. The van der Waals surface area contributed by atoms with Crippen molar-refractivity contribution in [1.29, 1.82) is 0 Å². The quantitative estimate of drug-likeness (QED) is 0.405. The van der Waals surface area contributed by atoms with Gasteiger partial charge >= 0.3 is 0 Å². The van der Waals surface area contributed by atoms with Crippen LogP contribution in [-0.4, -0.2) is 0 Å². The van der Waals surface area contributed by atoms with Crippen molar-refractivity contribution in [3.05, 3.63) is 69.4 Å². The van der Waals surface area contributed by atoms with Gasteiger partial charge in [0.1, 0.15) is 0 Å². The van der Waals surface area contributed by atoms with Crippen LogP contribution in [0.2, 0.25) is 0 Å². The van der Waals surface area contributed by atoms with Gasteiger partial charge in [-0.15, -0.1) is 0 Å². The molecule has 1 rings (SSSR count). The number of benzene rings is 1. The van der Waals surface area contributed by atoms with E-state index in [1.807, 2.05) is 0 Å². The van der Waals surface area contributed by atoms with Crippen molar-refractivity contribution < 1.29 is 0 Å². The molecule has 0 amide bonds. The molecule has 0 fully saturated rings. The van der Waals surface area contributed by atoms with Crippen molar-refractivity contribution in [2.45, 2.75) is 0 Å². The highest BCUT2D eigenvalue weighted by atomic mass is 15.1. The van der Waals surface area contributed by atoms with Crippen molar-refractivity contribution in [2.75, 3.05) is 0 Å². The van der Waals surface area contributed by atoms with E-state index in [0.717, 1.165) is 0 Å². The van der Waals surface area contributed by atoms with Gasteiger partial charge in [0, 0.05) is 21.2 Å². The lowest BCUT2D eigenvalue weighted by Crippen LogP contribution is -1.81. The molecule has 0 radical (unpaired) electrons. The molecule has 0 aliphatic rings. The third-order valence-electron chi connectivity index (χ3n) is 1.88. The minimum Gasteiger partial charge on any atom is -0.0889 e. The fourth-order valence-corrected chi connectivity index (χ4v) is 1.08. The van der Waals surface area contributed by atoms with E-state index in [1.165, 1.54) is 0 Å². The summed E-state index contributed by atoms with van der Waals surface area (Å²) in [6.45, 7) is 7.20. The summed E-state index contributed by atoms with van der Waals surface area (Å²) in [5.74, 6) is 0. The molecule has 0 heterocycles. The van der Waals surface area contributed by atoms with Gasteiger partial charge in [-0.1, -0.05) is 47.7 Å². The predicted molar refractivity (Wildman–Crippen MR) is 62.8 cm³/mol. The zero-order chi connectivity index (χ0) is 12.0. The molecule has 0 aliphatic heterocycles. The van der Waals surface area contributed by atoms with Crippen molar-refractivity contribution in [1.82, 2.24) is 0 Å². The van der Waals surface area contributed by atoms with E-state index >= 15 is 0 Å². The Bertz CT molecular complexity index is 466. The molecule has 1 aromatic rings. The lowest BCUT2D eigenvalue weighted by atomic mass is 10.1. The van der Waals surface area contributed by atoms with Crippen LogP contribution in [0.5, 0.6) is 0 Å². The minimum atomic E-state index is 0.337. The van der Waals surface area contributed by atoms with Crippen molar-refractivity contribution >= 4 is 11.4 Å². The predicted octanol–water partition coefficient (Wildman–Crippen LogP) is 4.25. The summed E-state index contributed by atoms with van der Waals surface area (Å²) < 4.78 is 0. The maximum Gasteiger partial charge on any atom is 0.0375 e. The number of hydrogen-bond acceptors (Lipinski definition) is 2. The first kappa shape index (κ1) is 11.4. The molecule has 0 unspecified atom stereocenters.